The second kappa shape index (κ2) is 10.00. The molecule has 4 aromatic rings. The van der Waals surface area contributed by atoms with Crippen LogP contribution in [0, 0.1) is 0 Å². The molecule has 0 saturated carbocycles. The Morgan fingerprint density at radius 3 is 2.36 bits per heavy atom. The first-order valence-electron chi connectivity index (χ1n) is 11.8. The number of amides is 2. The van der Waals surface area contributed by atoms with Crippen molar-refractivity contribution in [3.8, 4) is 5.75 Å². The third-order valence-electron chi connectivity index (χ3n) is 6.59. The van der Waals surface area contributed by atoms with Crippen molar-refractivity contribution in [1.82, 2.24) is 4.90 Å². The molecule has 2 N–H and O–H groups in total. The maximum atomic E-state index is 12.7. The van der Waals surface area contributed by atoms with E-state index in [2.05, 4.69) is 34.5 Å². The molecule has 182 valence electrons. The third-order valence-corrected chi connectivity index (χ3v) is 6.59. The number of benzene rings is 4. The summed E-state index contributed by atoms with van der Waals surface area (Å²) >= 11 is 0. The number of carbonyl (C=O) groups excluding carboxylic acids is 2. The number of piperazine rings is 1. The van der Waals surface area contributed by atoms with Crippen molar-refractivity contribution >= 4 is 34.1 Å². The van der Waals surface area contributed by atoms with E-state index in [9.17, 15) is 14.7 Å². The van der Waals surface area contributed by atoms with Gasteiger partial charge in [-0.25, -0.2) is 4.79 Å². The normalized spacial score (nSPS) is 15.5. The number of phenolic OH excluding ortho intramolecular Hbond substituents is 1. The van der Waals surface area contributed by atoms with Crippen LogP contribution in [-0.2, 0) is 4.74 Å². The van der Waals surface area contributed by atoms with E-state index in [1.807, 2.05) is 30.3 Å². The molecule has 1 heterocycles. The molecule has 7 heteroatoms. The Morgan fingerprint density at radius 2 is 1.61 bits per heavy atom. The Balaban J connectivity index is 1.38. The van der Waals surface area contributed by atoms with Crippen molar-refractivity contribution in [1.29, 1.82) is 0 Å². The number of nitrogens with zero attached hydrogens (tertiary/aromatic N) is 2. The Bertz CT molecular complexity index is 1380. The lowest BCUT2D eigenvalue weighted by molar-refractivity contribution is 0.0993. The molecule has 0 bridgehead atoms. The van der Waals surface area contributed by atoms with E-state index >= 15 is 0 Å². The van der Waals surface area contributed by atoms with Gasteiger partial charge < -0.3 is 20.1 Å². The first-order valence-corrected chi connectivity index (χ1v) is 11.8. The lowest BCUT2D eigenvalue weighted by Crippen LogP contribution is -2.50. The minimum Gasteiger partial charge on any atom is -0.508 e. The molecule has 7 nitrogen and oxygen atoms in total. The fourth-order valence-electron chi connectivity index (χ4n) is 4.73. The van der Waals surface area contributed by atoms with E-state index in [-0.39, 0.29) is 23.8 Å². The first-order chi connectivity index (χ1) is 17.5. The van der Waals surface area contributed by atoms with Crippen LogP contribution in [0.4, 0.5) is 16.2 Å². The quantitative estimate of drug-likeness (QED) is 0.380. The summed E-state index contributed by atoms with van der Waals surface area (Å²) in [5, 5.41) is 14.5. The Hall–Kier alpha value is -4.52. The van der Waals surface area contributed by atoms with E-state index in [4.69, 9.17) is 4.74 Å². The SMILES string of the molecule is COC(=O)N1CCN(c2ccc(C(=O)Nc3ccc(O)cc3)cc2)CC1c1cccc2ccccc12. The summed E-state index contributed by atoms with van der Waals surface area (Å²) in [5.74, 6) is -0.0807. The molecule has 5 rings (SSSR count). The van der Waals surface area contributed by atoms with Gasteiger partial charge in [-0.05, 0) is 64.9 Å². The van der Waals surface area contributed by atoms with Gasteiger partial charge in [0.25, 0.3) is 5.91 Å². The van der Waals surface area contributed by atoms with Gasteiger partial charge in [0.15, 0.2) is 0 Å². The molecule has 0 aliphatic carbocycles. The number of hydrogen-bond donors (Lipinski definition) is 2. The summed E-state index contributed by atoms with van der Waals surface area (Å²) in [4.78, 5) is 29.3. The highest BCUT2D eigenvalue weighted by atomic mass is 16.5. The van der Waals surface area contributed by atoms with Crippen molar-refractivity contribution in [2.75, 3.05) is 37.0 Å². The number of phenols is 1. The van der Waals surface area contributed by atoms with E-state index in [0.29, 0.717) is 30.9 Å². The van der Waals surface area contributed by atoms with Crippen molar-refractivity contribution in [3.05, 3.63) is 102 Å². The Morgan fingerprint density at radius 1 is 0.889 bits per heavy atom. The van der Waals surface area contributed by atoms with Crippen molar-refractivity contribution in [3.63, 3.8) is 0 Å². The smallest absolute Gasteiger partial charge is 0.410 e. The molecule has 0 aromatic heterocycles. The van der Waals surface area contributed by atoms with Crippen LogP contribution in [0.3, 0.4) is 0 Å². The zero-order valence-electron chi connectivity index (χ0n) is 19.9. The number of anilines is 2. The molecule has 1 aliphatic heterocycles. The molecule has 4 aromatic carbocycles. The molecule has 1 unspecified atom stereocenters. The highest BCUT2D eigenvalue weighted by Gasteiger charge is 2.33. The standard InChI is InChI=1S/C29H27N3O4/c1-36-29(35)32-18-17-31(19-27(32)26-8-4-6-20-5-2-3-7-25(20)26)23-13-9-21(10-14-23)28(34)30-22-11-15-24(33)16-12-22/h2-16,27,33H,17-19H2,1H3,(H,30,34). The predicted molar refractivity (Wildman–Crippen MR) is 141 cm³/mol. The summed E-state index contributed by atoms with van der Waals surface area (Å²) in [7, 11) is 1.41. The third kappa shape index (κ3) is 4.68. The summed E-state index contributed by atoms with van der Waals surface area (Å²) in [6.45, 7) is 1.77. The van der Waals surface area contributed by atoms with E-state index < -0.39 is 0 Å². The average Bonchev–Trinajstić information content (AvgIpc) is 2.93. The maximum absolute atomic E-state index is 12.7. The minimum absolute atomic E-state index is 0.145. The van der Waals surface area contributed by atoms with E-state index in [0.717, 1.165) is 22.0 Å². The number of aromatic hydroxyl groups is 1. The van der Waals surface area contributed by atoms with Crippen molar-refractivity contribution in [2.45, 2.75) is 6.04 Å². The number of rotatable bonds is 4. The van der Waals surface area contributed by atoms with Crippen LogP contribution in [0.15, 0.2) is 91.0 Å². The average molecular weight is 482 g/mol. The number of methoxy groups -OCH3 is 1. The number of fused-ring (bicyclic) bond motifs is 1. The monoisotopic (exact) mass is 481 g/mol. The molecule has 0 radical (unpaired) electrons. The van der Waals surface area contributed by atoms with Crippen LogP contribution in [0.5, 0.6) is 5.75 Å². The zero-order valence-corrected chi connectivity index (χ0v) is 19.9. The second-order valence-corrected chi connectivity index (χ2v) is 8.74. The number of carbonyl (C=O) groups is 2. The van der Waals surface area contributed by atoms with E-state index in [1.54, 1.807) is 29.2 Å². The van der Waals surface area contributed by atoms with Gasteiger partial charge in [0, 0.05) is 36.6 Å². The lowest BCUT2D eigenvalue weighted by atomic mass is 9.96. The fourth-order valence-corrected chi connectivity index (χ4v) is 4.73. The van der Waals surface area contributed by atoms with Gasteiger partial charge in [-0.1, -0.05) is 42.5 Å². The molecule has 2 amide bonds. The summed E-state index contributed by atoms with van der Waals surface area (Å²) in [5.41, 5.74) is 3.20. The predicted octanol–water partition coefficient (Wildman–Crippen LogP) is 5.43. The van der Waals surface area contributed by atoms with Gasteiger partial charge >= 0.3 is 6.09 Å². The highest BCUT2D eigenvalue weighted by molar-refractivity contribution is 6.04. The van der Waals surface area contributed by atoms with Crippen LogP contribution in [0.2, 0.25) is 0 Å². The Kier molecular flexibility index (Phi) is 6.45. The van der Waals surface area contributed by atoms with Crippen molar-refractivity contribution < 1.29 is 19.4 Å². The van der Waals surface area contributed by atoms with E-state index in [1.165, 1.54) is 19.2 Å². The molecule has 0 spiro atoms. The van der Waals surface area contributed by atoms with Gasteiger partial charge in [-0.15, -0.1) is 0 Å². The number of nitrogens with one attached hydrogen (secondary N) is 1. The van der Waals surface area contributed by atoms with Crippen LogP contribution < -0.4 is 10.2 Å². The zero-order chi connectivity index (χ0) is 25.1. The molecular weight excluding hydrogens is 454 g/mol. The maximum Gasteiger partial charge on any atom is 0.410 e. The van der Waals surface area contributed by atoms with Crippen LogP contribution >= 0.6 is 0 Å². The highest BCUT2D eigenvalue weighted by Crippen LogP contribution is 2.33. The van der Waals surface area contributed by atoms with Crippen LogP contribution in [-0.4, -0.2) is 48.8 Å². The Labute approximate surface area is 209 Å². The van der Waals surface area contributed by atoms with Gasteiger partial charge in [0.05, 0.1) is 13.2 Å². The van der Waals surface area contributed by atoms with Gasteiger partial charge in [0.1, 0.15) is 5.75 Å². The molecule has 1 fully saturated rings. The number of hydrogen-bond acceptors (Lipinski definition) is 5. The molecular formula is C29H27N3O4. The molecule has 36 heavy (non-hydrogen) atoms. The first kappa shape index (κ1) is 23.2. The summed E-state index contributed by atoms with van der Waals surface area (Å²) < 4.78 is 5.10. The topological polar surface area (TPSA) is 82.1 Å². The summed E-state index contributed by atoms with van der Waals surface area (Å²) in [6.07, 6.45) is -0.339. The molecule has 1 aliphatic rings. The molecule has 1 atom stereocenters. The van der Waals surface area contributed by atoms with Crippen LogP contribution in [0.25, 0.3) is 10.8 Å². The van der Waals surface area contributed by atoms with Crippen molar-refractivity contribution in [2.24, 2.45) is 0 Å². The second-order valence-electron chi connectivity index (χ2n) is 8.74. The number of ether oxygens (including phenoxy) is 1. The fraction of sp³-hybridized carbons (Fsp3) is 0.172. The van der Waals surface area contributed by atoms with Crippen LogP contribution in [0.1, 0.15) is 22.0 Å². The van der Waals surface area contributed by atoms with Gasteiger partial charge in [-0.3, -0.25) is 9.69 Å². The summed E-state index contributed by atoms with van der Waals surface area (Å²) in [6, 6.07) is 28.0. The van der Waals surface area contributed by atoms with Gasteiger partial charge in [0.2, 0.25) is 0 Å². The largest absolute Gasteiger partial charge is 0.508 e. The lowest BCUT2D eigenvalue weighted by Gasteiger charge is -2.42. The van der Waals surface area contributed by atoms with Gasteiger partial charge in [-0.2, -0.15) is 0 Å². The molecule has 1 saturated heterocycles. The minimum atomic E-state index is -0.339.